The molecular formula is C20H29N2O2+. The van der Waals surface area contributed by atoms with Crippen LogP contribution < -0.4 is 0 Å². The van der Waals surface area contributed by atoms with Gasteiger partial charge >= 0.3 is 5.97 Å². The summed E-state index contributed by atoms with van der Waals surface area (Å²) in [6.45, 7) is 4.51. The summed E-state index contributed by atoms with van der Waals surface area (Å²) in [5.41, 5.74) is 1.33. The molecule has 1 aromatic rings. The number of hydrogen-bond acceptors (Lipinski definition) is 3. The van der Waals surface area contributed by atoms with Crippen molar-refractivity contribution in [3.8, 4) is 0 Å². The molecule has 0 N–H and O–H groups in total. The Kier molecular flexibility index (Phi) is 4.59. The Labute approximate surface area is 144 Å². The second-order valence-corrected chi connectivity index (χ2v) is 7.81. The molecule has 24 heavy (non-hydrogen) atoms. The monoisotopic (exact) mass is 329 g/mol. The summed E-state index contributed by atoms with van der Waals surface area (Å²) in [5.74, 6) is 0.772. The molecule has 0 spiro atoms. The fourth-order valence-electron chi connectivity index (χ4n) is 4.88. The van der Waals surface area contributed by atoms with Crippen molar-refractivity contribution in [3.05, 3.63) is 35.9 Å². The lowest BCUT2D eigenvalue weighted by molar-refractivity contribution is -1.12. The van der Waals surface area contributed by atoms with Gasteiger partial charge in [0.1, 0.15) is 19.6 Å². The molecule has 1 unspecified atom stereocenters. The van der Waals surface area contributed by atoms with Gasteiger partial charge in [-0.25, -0.2) is 4.79 Å². The topological polar surface area (TPSA) is 29.5 Å². The van der Waals surface area contributed by atoms with Crippen LogP contribution in [0.15, 0.2) is 30.3 Å². The molecule has 0 aliphatic carbocycles. The number of carbonyl (C=O) groups is 1. The van der Waals surface area contributed by atoms with Gasteiger partial charge < -0.3 is 0 Å². The molecule has 0 amide bonds. The van der Waals surface area contributed by atoms with Gasteiger partial charge in [-0.15, -0.1) is 4.65 Å². The maximum Gasteiger partial charge on any atom is 0.380 e. The van der Waals surface area contributed by atoms with Crippen LogP contribution in [0.1, 0.15) is 50.1 Å². The zero-order chi connectivity index (χ0) is 16.4. The van der Waals surface area contributed by atoms with E-state index in [0.29, 0.717) is 17.2 Å². The molecule has 2 bridgehead atoms. The molecular weight excluding hydrogens is 300 g/mol. The minimum Gasteiger partial charge on any atom is -0.293 e. The van der Waals surface area contributed by atoms with E-state index in [1.165, 1.54) is 37.7 Å². The van der Waals surface area contributed by atoms with Gasteiger partial charge in [-0.2, -0.15) is 0 Å². The van der Waals surface area contributed by atoms with Gasteiger partial charge in [0.15, 0.2) is 6.04 Å². The van der Waals surface area contributed by atoms with E-state index in [1.54, 1.807) is 0 Å². The smallest absolute Gasteiger partial charge is 0.293 e. The lowest BCUT2D eigenvalue weighted by Gasteiger charge is -2.50. The van der Waals surface area contributed by atoms with E-state index in [2.05, 4.69) is 35.2 Å². The number of hydrogen-bond donors (Lipinski definition) is 0. The number of benzene rings is 1. The minimum absolute atomic E-state index is 0.0295. The summed E-state index contributed by atoms with van der Waals surface area (Å²) in [6, 6.07) is 11.0. The van der Waals surface area contributed by atoms with Crippen LogP contribution in [-0.4, -0.2) is 48.2 Å². The molecule has 4 nitrogen and oxygen atoms in total. The molecule has 4 saturated heterocycles. The summed E-state index contributed by atoms with van der Waals surface area (Å²) >= 11 is 0. The van der Waals surface area contributed by atoms with Crippen LogP contribution in [0.4, 0.5) is 0 Å². The highest BCUT2D eigenvalue weighted by atomic mass is 16.7. The number of quaternary nitrogens is 1. The Hall–Kier alpha value is -1.39. The highest BCUT2D eigenvalue weighted by Crippen LogP contribution is 2.46. The van der Waals surface area contributed by atoms with Crippen LogP contribution in [-0.2, 0) is 9.63 Å². The van der Waals surface area contributed by atoms with E-state index >= 15 is 0 Å². The van der Waals surface area contributed by atoms with Crippen LogP contribution in [0, 0.1) is 5.92 Å². The van der Waals surface area contributed by atoms with Gasteiger partial charge in [-0.05, 0) is 31.8 Å². The normalized spacial score (nSPS) is 33.3. The van der Waals surface area contributed by atoms with Gasteiger partial charge in [-0.3, -0.25) is 9.74 Å². The van der Waals surface area contributed by atoms with Crippen molar-refractivity contribution in [2.75, 3.05) is 32.7 Å². The Morgan fingerprint density at radius 2 is 1.79 bits per heavy atom. The molecule has 4 heteroatoms. The van der Waals surface area contributed by atoms with Crippen LogP contribution >= 0.6 is 0 Å². The van der Waals surface area contributed by atoms with Crippen molar-refractivity contribution in [2.24, 2.45) is 5.92 Å². The van der Waals surface area contributed by atoms with Gasteiger partial charge in [0, 0.05) is 24.8 Å². The fraction of sp³-hybridized carbons (Fsp3) is 0.650. The highest BCUT2D eigenvalue weighted by Gasteiger charge is 2.52. The van der Waals surface area contributed by atoms with Gasteiger partial charge in [-0.1, -0.05) is 36.8 Å². The first kappa shape index (κ1) is 16.1. The number of nitrogens with zero attached hydrogens (tertiary/aromatic N) is 2. The maximum absolute atomic E-state index is 12.7. The SMILES string of the molecule is O=C(CN1CCCCC1)O[N+]12CCC(CC1)CC2c1ccccc1. The van der Waals surface area contributed by atoms with Crippen molar-refractivity contribution in [1.82, 2.24) is 4.90 Å². The highest BCUT2D eigenvalue weighted by molar-refractivity contribution is 5.71. The summed E-state index contributed by atoms with van der Waals surface area (Å²) in [4.78, 5) is 21.1. The second-order valence-electron chi connectivity index (χ2n) is 7.81. The summed E-state index contributed by atoms with van der Waals surface area (Å²) in [5, 5.41) is 0. The van der Waals surface area contributed by atoms with Crippen molar-refractivity contribution in [2.45, 2.75) is 44.6 Å². The van der Waals surface area contributed by atoms with E-state index in [4.69, 9.17) is 4.84 Å². The summed E-state index contributed by atoms with van der Waals surface area (Å²) in [7, 11) is 0. The first-order valence-electron chi connectivity index (χ1n) is 9.62. The van der Waals surface area contributed by atoms with Crippen molar-refractivity contribution < 1.29 is 14.3 Å². The van der Waals surface area contributed by atoms with Crippen molar-refractivity contribution >= 4 is 5.97 Å². The lowest BCUT2D eigenvalue weighted by atomic mass is 9.80. The van der Waals surface area contributed by atoms with Crippen molar-refractivity contribution in [1.29, 1.82) is 0 Å². The van der Waals surface area contributed by atoms with Crippen molar-refractivity contribution in [3.63, 3.8) is 0 Å². The zero-order valence-electron chi connectivity index (χ0n) is 14.5. The quantitative estimate of drug-likeness (QED) is 0.794. The predicted molar refractivity (Wildman–Crippen MR) is 92.9 cm³/mol. The Balaban J connectivity index is 1.48. The summed E-state index contributed by atoms with van der Waals surface area (Å²) in [6.07, 6.45) is 7.26. The molecule has 0 radical (unpaired) electrons. The zero-order valence-corrected chi connectivity index (χ0v) is 14.5. The molecule has 4 heterocycles. The molecule has 4 aliphatic rings. The Bertz CT molecular complexity index is 560. The molecule has 5 rings (SSSR count). The number of fused-ring (bicyclic) bond motifs is 3. The fourth-order valence-corrected chi connectivity index (χ4v) is 4.88. The molecule has 4 fully saturated rings. The average Bonchev–Trinajstić information content (AvgIpc) is 2.63. The molecule has 130 valence electrons. The van der Waals surface area contributed by atoms with E-state index in [9.17, 15) is 4.79 Å². The number of piperidine rings is 4. The van der Waals surface area contributed by atoms with E-state index < -0.39 is 0 Å². The summed E-state index contributed by atoms with van der Waals surface area (Å²) < 4.78 is 0.535. The number of likely N-dealkylation sites (tertiary alicyclic amines) is 1. The first-order chi connectivity index (χ1) is 11.8. The van der Waals surface area contributed by atoms with Crippen LogP contribution in [0.5, 0.6) is 0 Å². The van der Waals surface area contributed by atoms with E-state index in [0.717, 1.165) is 38.5 Å². The van der Waals surface area contributed by atoms with Gasteiger partial charge in [0.2, 0.25) is 0 Å². The van der Waals surface area contributed by atoms with E-state index in [1.807, 2.05) is 0 Å². The largest absolute Gasteiger partial charge is 0.380 e. The predicted octanol–water partition coefficient (Wildman–Crippen LogP) is 3.30. The standard InChI is InChI=1S/C20H29N2O2/c23-20(16-21-11-5-2-6-12-21)24-22-13-9-17(10-14-22)15-19(22)18-7-3-1-4-8-18/h1,3-4,7-8,17,19H,2,5-6,9-16H2/q+1. The van der Waals surface area contributed by atoms with Crippen LogP contribution in [0.25, 0.3) is 0 Å². The Morgan fingerprint density at radius 1 is 1.08 bits per heavy atom. The maximum atomic E-state index is 12.7. The number of hydroxylamine groups is 3. The minimum atomic E-state index is -0.0295. The second kappa shape index (κ2) is 6.85. The number of carbonyl (C=O) groups excluding carboxylic acids is 1. The first-order valence-corrected chi connectivity index (χ1v) is 9.62. The lowest BCUT2D eigenvalue weighted by Crippen LogP contribution is -2.60. The van der Waals surface area contributed by atoms with Crippen LogP contribution in [0.2, 0.25) is 0 Å². The van der Waals surface area contributed by atoms with Crippen LogP contribution in [0.3, 0.4) is 0 Å². The van der Waals surface area contributed by atoms with Gasteiger partial charge in [0.25, 0.3) is 0 Å². The van der Waals surface area contributed by atoms with E-state index in [-0.39, 0.29) is 5.97 Å². The molecule has 1 atom stereocenters. The third-order valence-electron chi connectivity index (χ3n) is 6.23. The molecule has 0 aromatic heterocycles. The molecule has 0 saturated carbocycles. The molecule has 4 aliphatic heterocycles. The average molecular weight is 329 g/mol. The molecule has 1 aromatic carbocycles. The Morgan fingerprint density at radius 3 is 2.50 bits per heavy atom. The number of rotatable bonds is 4. The third-order valence-corrected chi connectivity index (χ3v) is 6.23. The van der Waals surface area contributed by atoms with Gasteiger partial charge in [0.05, 0.1) is 0 Å². The third kappa shape index (κ3) is 3.22.